The molecule has 23 heavy (non-hydrogen) atoms. The van der Waals surface area contributed by atoms with Gasteiger partial charge in [-0.25, -0.2) is 14.4 Å². The minimum absolute atomic E-state index is 0.156. The van der Waals surface area contributed by atoms with Gasteiger partial charge < -0.3 is 5.32 Å². The van der Waals surface area contributed by atoms with Gasteiger partial charge in [0.05, 0.1) is 4.88 Å². The second kappa shape index (κ2) is 6.04. The van der Waals surface area contributed by atoms with E-state index in [2.05, 4.69) is 15.3 Å². The smallest absolute Gasteiger partial charge is 0.261 e. The molecule has 118 valence electrons. The Morgan fingerprint density at radius 2 is 1.96 bits per heavy atom. The summed E-state index contributed by atoms with van der Waals surface area (Å²) >= 11 is 1.34. The summed E-state index contributed by atoms with van der Waals surface area (Å²) in [5.41, 5.74) is 2.20. The molecule has 1 N–H and O–H groups in total. The molecule has 6 heteroatoms. The van der Waals surface area contributed by atoms with E-state index in [9.17, 15) is 9.18 Å². The van der Waals surface area contributed by atoms with Crippen molar-refractivity contribution in [2.45, 2.75) is 27.3 Å². The normalized spacial score (nSPS) is 11.0. The monoisotopic (exact) mass is 329 g/mol. The Morgan fingerprint density at radius 3 is 2.70 bits per heavy atom. The number of fused-ring (bicyclic) bond motifs is 1. The maximum absolute atomic E-state index is 13.6. The number of halogens is 1. The van der Waals surface area contributed by atoms with Crippen molar-refractivity contribution in [1.82, 2.24) is 15.3 Å². The largest absolute Gasteiger partial charge is 0.347 e. The summed E-state index contributed by atoms with van der Waals surface area (Å²) in [6.45, 7) is 5.79. The summed E-state index contributed by atoms with van der Waals surface area (Å²) in [7, 11) is 0. The molecule has 3 rings (SSSR count). The number of carbonyl (C=O) groups is 1. The number of amides is 1. The van der Waals surface area contributed by atoms with Crippen LogP contribution in [-0.2, 0) is 6.54 Å². The maximum atomic E-state index is 13.6. The molecule has 2 aromatic heterocycles. The van der Waals surface area contributed by atoms with E-state index < -0.39 is 0 Å². The minimum Gasteiger partial charge on any atom is -0.347 e. The molecule has 0 saturated heterocycles. The number of nitrogens with one attached hydrogen (secondary N) is 1. The van der Waals surface area contributed by atoms with Gasteiger partial charge in [-0.15, -0.1) is 11.3 Å². The minimum atomic E-state index is -0.321. The first-order valence-corrected chi connectivity index (χ1v) is 8.05. The van der Waals surface area contributed by atoms with Gasteiger partial charge in [-0.1, -0.05) is 18.2 Å². The summed E-state index contributed by atoms with van der Waals surface area (Å²) in [4.78, 5) is 22.6. The van der Waals surface area contributed by atoms with E-state index in [1.54, 1.807) is 18.2 Å². The molecule has 0 unspecified atom stereocenters. The number of nitrogens with zero attached hydrogens (tertiary/aromatic N) is 2. The Bertz CT molecular complexity index is 904. The quantitative estimate of drug-likeness (QED) is 0.797. The van der Waals surface area contributed by atoms with Gasteiger partial charge in [-0.3, -0.25) is 4.79 Å². The zero-order valence-electron chi connectivity index (χ0n) is 13.1. The fourth-order valence-corrected chi connectivity index (χ4v) is 3.78. The number of benzene rings is 1. The molecule has 3 aromatic rings. The summed E-state index contributed by atoms with van der Waals surface area (Å²) in [5, 5.41) is 3.70. The molecule has 0 saturated carbocycles. The Kier molecular flexibility index (Phi) is 4.09. The van der Waals surface area contributed by atoms with E-state index >= 15 is 0 Å². The molecule has 1 amide bonds. The van der Waals surface area contributed by atoms with Crippen molar-refractivity contribution in [3.05, 3.63) is 57.6 Å². The lowest BCUT2D eigenvalue weighted by molar-refractivity contribution is 0.0954. The van der Waals surface area contributed by atoms with Crippen LogP contribution in [0.3, 0.4) is 0 Å². The number of carbonyl (C=O) groups excluding carboxylic acids is 1. The third-order valence-corrected chi connectivity index (χ3v) is 4.87. The third-order valence-electron chi connectivity index (χ3n) is 3.69. The molecule has 0 atom stereocenters. The van der Waals surface area contributed by atoms with Crippen LogP contribution in [0.25, 0.3) is 10.2 Å². The third kappa shape index (κ3) is 2.94. The van der Waals surface area contributed by atoms with E-state index in [0.717, 1.165) is 21.5 Å². The molecule has 0 fully saturated rings. The highest BCUT2D eigenvalue weighted by atomic mass is 32.1. The van der Waals surface area contributed by atoms with Crippen LogP contribution in [0.2, 0.25) is 0 Å². The van der Waals surface area contributed by atoms with Crippen molar-refractivity contribution < 1.29 is 9.18 Å². The zero-order valence-corrected chi connectivity index (χ0v) is 13.9. The van der Waals surface area contributed by atoms with E-state index in [0.29, 0.717) is 16.3 Å². The van der Waals surface area contributed by atoms with Gasteiger partial charge in [0.1, 0.15) is 16.5 Å². The first-order chi connectivity index (χ1) is 11.0. The van der Waals surface area contributed by atoms with Crippen LogP contribution in [0.4, 0.5) is 4.39 Å². The highest BCUT2D eigenvalue weighted by Gasteiger charge is 2.18. The zero-order chi connectivity index (χ0) is 16.6. The average Bonchev–Trinajstić information content (AvgIpc) is 2.83. The van der Waals surface area contributed by atoms with Gasteiger partial charge >= 0.3 is 0 Å². The van der Waals surface area contributed by atoms with Crippen molar-refractivity contribution in [2.24, 2.45) is 0 Å². The molecule has 0 spiro atoms. The van der Waals surface area contributed by atoms with E-state index in [1.807, 2.05) is 20.8 Å². The number of rotatable bonds is 3. The Labute approximate surface area is 137 Å². The van der Waals surface area contributed by atoms with E-state index in [4.69, 9.17) is 0 Å². The number of aromatic nitrogens is 2. The summed E-state index contributed by atoms with van der Waals surface area (Å²) in [6.07, 6.45) is 0. The lowest BCUT2D eigenvalue weighted by Crippen LogP contribution is -2.23. The van der Waals surface area contributed by atoms with Crippen molar-refractivity contribution >= 4 is 27.5 Å². The summed E-state index contributed by atoms with van der Waals surface area (Å²) < 4.78 is 13.6. The van der Waals surface area contributed by atoms with Crippen molar-refractivity contribution in [3.8, 4) is 0 Å². The van der Waals surface area contributed by atoms with Crippen LogP contribution in [0.1, 0.15) is 32.3 Å². The van der Waals surface area contributed by atoms with Crippen molar-refractivity contribution in [1.29, 1.82) is 0 Å². The number of hydrogen-bond donors (Lipinski definition) is 1. The molecular weight excluding hydrogens is 313 g/mol. The molecular formula is C17H16FN3OS. The Balaban J connectivity index is 1.88. The van der Waals surface area contributed by atoms with Gasteiger partial charge in [0.2, 0.25) is 0 Å². The van der Waals surface area contributed by atoms with Gasteiger partial charge in [-0.05, 0) is 32.4 Å². The maximum Gasteiger partial charge on any atom is 0.261 e. The van der Waals surface area contributed by atoms with Crippen LogP contribution in [-0.4, -0.2) is 15.9 Å². The standard InChI is InChI=1S/C17H16FN3OS/c1-9-14-10(2)20-11(3)21-17(14)23-15(9)16(22)19-8-12-6-4-5-7-13(12)18/h4-7H,8H2,1-3H3,(H,19,22). The van der Waals surface area contributed by atoms with Gasteiger partial charge in [0, 0.05) is 23.2 Å². The number of aryl methyl sites for hydroxylation is 3. The van der Waals surface area contributed by atoms with Gasteiger partial charge in [0.15, 0.2) is 0 Å². The van der Waals surface area contributed by atoms with Gasteiger partial charge in [0.25, 0.3) is 5.91 Å². The average molecular weight is 329 g/mol. The fourth-order valence-electron chi connectivity index (χ4n) is 2.59. The second-order valence-electron chi connectivity index (χ2n) is 5.37. The fraction of sp³-hybridized carbons (Fsp3) is 0.235. The molecule has 0 aliphatic carbocycles. The molecule has 0 aliphatic rings. The van der Waals surface area contributed by atoms with E-state index in [1.165, 1.54) is 17.4 Å². The van der Waals surface area contributed by atoms with Crippen LogP contribution in [0, 0.1) is 26.6 Å². The number of hydrogen-bond acceptors (Lipinski definition) is 4. The highest BCUT2D eigenvalue weighted by Crippen LogP contribution is 2.31. The van der Waals surface area contributed by atoms with Crippen LogP contribution in [0.15, 0.2) is 24.3 Å². The molecule has 0 radical (unpaired) electrons. The predicted molar refractivity (Wildman–Crippen MR) is 89.2 cm³/mol. The molecule has 2 heterocycles. The lowest BCUT2D eigenvalue weighted by Gasteiger charge is -2.05. The SMILES string of the molecule is Cc1nc(C)c2c(C)c(C(=O)NCc3ccccc3F)sc2n1. The Morgan fingerprint density at radius 1 is 1.22 bits per heavy atom. The van der Waals surface area contributed by atoms with Crippen molar-refractivity contribution in [3.63, 3.8) is 0 Å². The lowest BCUT2D eigenvalue weighted by atomic mass is 10.1. The van der Waals surface area contributed by atoms with Crippen LogP contribution in [0.5, 0.6) is 0 Å². The van der Waals surface area contributed by atoms with Crippen LogP contribution >= 0.6 is 11.3 Å². The molecule has 4 nitrogen and oxygen atoms in total. The summed E-state index contributed by atoms with van der Waals surface area (Å²) in [6, 6.07) is 6.41. The van der Waals surface area contributed by atoms with Gasteiger partial charge in [-0.2, -0.15) is 0 Å². The number of thiophene rings is 1. The molecule has 0 aliphatic heterocycles. The van der Waals surface area contributed by atoms with Crippen LogP contribution < -0.4 is 5.32 Å². The first kappa shape index (κ1) is 15.6. The second-order valence-corrected chi connectivity index (χ2v) is 6.37. The van der Waals surface area contributed by atoms with E-state index in [-0.39, 0.29) is 18.3 Å². The topological polar surface area (TPSA) is 54.9 Å². The summed E-state index contributed by atoms with van der Waals surface area (Å²) in [5.74, 6) is 0.151. The molecule has 1 aromatic carbocycles. The van der Waals surface area contributed by atoms with Crippen molar-refractivity contribution in [2.75, 3.05) is 0 Å². The first-order valence-electron chi connectivity index (χ1n) is 7.23. The highest BCUT2D eigenvalue weighted by molar-refractivity contribution is 7.20. The Hall–Kier alpha value is -2.34. The predicted octanol–water partition coefficient (Wildman–Crippen LogP) is 3.69. The molecule has 0 bridgehead atoms.